The van der Waals surface area contributed by atoms with Gasteiger partial charge in [0, 0.05) is 0 Å². The first kappa shape index (κ1) is 20.4. The molecule has 0 aliphatic carbocycles. The molecule has 0 aromatic rings. The van der Waals surface area contributed by atoms with Gasteiger partial charge < -0.3 is 9.47 Å². The van der Waals surface area contributed by atoms with E-state index in [4.69, 9.17) is 9.47 Å². The van der Waals surface area contributed by atoms with Gasteiger partial charge in [-0.05, 0) is 46.5 Å². The summed E-state index contributed by atoms with van der Waals surface area (Å²) >= 11 is 0. The van der Waals surface area contributed by atoms with Crippen LogP contribution in [0.15, 0.2) is 23.3 Å². The highest BCUT2D eigenvalue weighted by Crippen LogP contribution is 2.06. The van der Waals surface area contributed by atoms with Gasteiger partial charge in [0.25, 0.3) is 0 Å². The Kier molecular flexibility index (Phi) is 11.2. The van der Waals surface area contributed by atoms with Crippen LogP contribution in [0, 0.1) is 5.92 Å². The average Bonchev–Trinajstić information content (AvgIpc) is 2.53. The standard InChI is InChI=1S/C18H30O4/c1-6-14(3)10-8-12-21-17(19)16(5)18(20)22-13-9-11-15(4)7-2/h10-11,16H,6-9,12-13H2,1-5H3/b14-10+,15-11+. The minimum Gasteiger partial charge on any atom is -0.465 e. The van der Waals surface area contributed by atoms with Crippen molar-refractivity contribution in [2.45, 2.75) is 60.3 Å². The third-order valence-corrected chi connectivity index (χ3v) is 3.53. The number of hydrogen-bond donors (Lipinski definition) is 0. The zero-order valence-corrected chi connectivity index (χ0v) is 14.6. The Morgan fingerprint density at radius 3 is 1.55 bits per heavy atom. The monoisotopic (exact) mass is 310 g/mol. The quantitative estimate of drug-likeness (QED) is 0.263. The van der Waals surface area contributed by atoms with Gasteiger partial charge in [0.2, 0.25) is 0 Å². The molecule has 0 saturated carbocycles. The molecule has 0 aliphatic heterocycles. The van der Waals surface area contributed by atoms with Crippen molar-refractivity contribution in [3.63, 3.8) is 0 Å². The van der Waals surface area contributed by atoms with Gasteiger partial charge in [-0.2, -0.15) is 0 Å². The molecular formula is C18H30O4. The second kappa shape index (κ2) is 12.0. The Labute approximate surface area is 134 Å². The average molecular weight is 310 g/mol. The Balaban J connectivity index is 3.99. The molecule has 0 saturated heterocycles. The summed E-state index contributed by atoms with van der Waals surface area (Å²) in [5.41, 5.74) is 2.53. The molecule has 22 heavy (non-hydrogen) atoms. The maximum atomic E-state index is 11.7. The molecule has 0 unspecified atom stereocenters. The summed E-state index contributed by atoms with van der Waals surface area (Å²) in [6, 6.07) is 0. The first-order chi connectivity index (χ1) is 10.4. The number of allylic oxidation sites excluding steroid dienone is 2. The number of ether oxygens (including phenoxy) is 2. The lowest BCUT2D eigenvalue weighted by Crippen LogP contribution is -2.25. The third-order valence-electron chi connectivity index (χ3n) is 3.53. The van der Waals surface area contributed by atoms with E-state index in [1.54, 1.807) is 0 Å². The van der Waals surface area contributed by atoms with E-state index in [1.807, 2.05) is 26.0 Å². The molecule has 0 aliphatic rings. The number of carbonyl (C=O) groups excluding carboxylic acids is 2. The predicted octanol–water partition coefficient (Wildman–Crippen LogP) is 4.20. The highest BCUT2D eigenvalue weighted by atomic mass is 16.6. The van der Waals surface area contributed by atoms with Gasteiger partial charge in [0.05, 0.1) is 13.2 Å². The summed E-state index contributed by atoms with van der Waals surface area (Å²) in [6.07, 6.45) is 7.41. The largest absolute Gasteiger partial charge is 0.465 e. The van der Waals surface area contributed by atoms with Crippen molar-refractivity contribution in [2.24, 2.45) is 5.92 Å². The van der Waals surface area contributed by atoms with Crippen LogP contribution in [0.4, 0.5) is 0 Å². The highest BCUT2D eigenvalue weighted by molar-refractivity contribution is 5.94. The molecule has 0 rings (SSSR count). The fourth-order valence-corrected chi connectivity index (χ4v) is 1.56. The lowest BCUT2D eigenvalue weighted by Gasteiger charge is -2.10. The highest BCUT2D eigenvalue weighted by Gasteiger charge is 2.24. The topological polar surface area (TPSA) is 52.6 Å². The zero-order chi connectivity index (χ0) is 17.0. The van der Waals surface area contributed by atoms with Crippen molar-refractivity contribution in [3.8, 4) is 0 Å². The molecule has 4 nitrogen and oxygen atoms in total. The fraction of sp³-hybridized carbons (Fsp3) is 0.667. The first-order valence-electron chi connectivity index (χ1n) is 8.06. The van der Waals surface area contributed by atoms with Crippen molar-refractivity contribution < 1.29 is 19.1 Å². The van der Waals surface area contributed by atoms with Crippen LogP contribution < -0.4 is 0 Å². The molecule has 126 valence electrons. The zero-order valence-electron chi connectivity index (χ0n) is 14.6. The number of esters is 2. The van der Waals surface area contributed by atoms with E-state index >= 15 is 0 Å². The minimum absolute atomic E-state index is 0.298. The molecular weight excluding hydrogens is 280 g/mol. The van der Waals surface area contributed by atoms with Crippen LogP contribution in [-0.4, -0.2) is 25.2 Å². The van der Waals surface area contributed by atoms with Crippen LogP contribution in [0.5, 0.6) is 0 Å². The van der Waals surface area contributed by atoms with Crippen LogP contribution >= 0.6 is 0 Å². The Morgan fingerprint density at radius 1 is 0.864 bits per heavy atom. The van der Waals surface area contributed by atoms with Gasteiger partial charge in [-0.3, -0.25) is 9.59 Å². The molecule has 0 N–H and O–H groups in total. The second-order valence-corrected chi connectivity index (χ2v) is 5.44. The van der Waals surface area contributed by atoms with Gasteiger partial charge in [-0.25, -0.2) is 0 Å². The molecule has 0 aromatic heterocycles. The molecule has 4 heteroatoms. The van der Waals surface area contributed by atoms with Gasteiger partial charge in [0.15, 0.2) is 5.92 Å². The second-order valence-electron chi connectivity index (χ2n) is 5.44. The van der Waals surface area contributed by atoms with Crippen LogP contribution in [0.1, 0.15) is 60.3 Å². The van der Waals surface area contributed by atoms with E-state index in [9.17, 15) is 9.59 Å². The predicted molar refractivity (Wildman–Crippen MR) is 88.4 cm³/mol. The number of carbonyl (C=O) groups is 2. The maximum absolute atomic E-state index is 11.7. The lowest BCUT2D eigenvalue weighted by molar-refractivity contribution is -0.161. The summed E-state index contributed by atoms with van der Waals surface area (Å²) in [5.74, 6) is -1.91. The van der Waals surface area contributed by atoms with E-state index in [0.29, 0.717) is 26.1 Å². The van der Waals surface area contributed by atoms with E-state index in [-0.39, 0.29) is 0 Å². The van der Waals surface area contributed by atoms with E-state index < -0.39 is 17.9 Å². The van der Waals surface area contributed by atoms with Gasteiger partial charge in [-0.15, -0.1) is 0 Å². The van der Waals surface area contributed by atoms with Crippen molar-refractivity contribution in [1.29, 1.82) is 0 Å². The minimum atomic E-state index is -0.868. The Morgan fingerprint density at radius 2 is 1.23 bits per heavy atom. The molecule has 0 heterocycles. The SMILES string of the molecule is CC/C(C)=C/CCOC(=O)C(C)C(=O)OCC/C=C(\C)CC. The maximum Gasteiger partial charge on any atom is 0.320 e. The van der Waals surface area contributed by atoms with E-state index in [2.05, 4.69) is 13.8 Å². The molecule has 0 aromatic carbocycles. The van der Waals surface area contributed by atoms with Gasteiger partial charge in [-0.1, -0.05) is 37.1 Å². The van der Waals surface area contributed by atoms with Crippen LogP contribution in [-0.2, 0) is 19.1 Å². The van der Waals surface area contributed by atoms with Crippen molar-refractivity contribution in [3.05, 3.63) is 23.3 Å². The van der Waals surface area contributed by atoms with Crippen LogP contribution in [0.3, 0.4) is 0 Å². The van der Waals surface area contributed by atoms with Crippen molar-refractivity contribution >= 4 is 11.9 Å². The summed E-state index contributed by atoms with van der Waals surface area (Å²) in [6.45, 7) is 10.3. The molecule has 0 fully saturated rings. The summed E-state index contributed by atoms with van der Waals surface area (Å²) in [4.78, 5) is 23.5. The summed E-state index contributed by atoms with van der Waals surface area (Å²) in [5, 5.41) is 0. The van der Waals surface area contributed by atoms with Crippen molar-refractivity contribution in [1.82, 2.24) is 0 Å². The Bertz CT molecular complexity index is 369. The first-order valence-corrected chi connectivity index (χ1v) is 8.06. The number of rotatable bonds is 10. The van der Waals surface area contributed by atoms with E-state index in [0.717, 1.165) is 12.8 Å². The van der Waals surface area contributed by atoms with Crippen LogP contribution in [0.25, 0.3) is 0 Å². The van der Waals surface area contributed by atoms with E-state index in [1.165, 1.54) is 18.1 Å². The summed E-state index contributed by atoms with van der Waals surface area (Å²) < 4.78 is 10.2. The molecule has 0 radical (unpaired) electrons. The third kappa shape index (κ3) is 9.37. The number of hydrogen-bond acceptors (Lipinski definition) is 4. The van der Waals surface area contributed by atoms with Gasteiger partial charge >= 0.3 is 11.9 Å². The fourth-order valence-electron chi connectivity index (χ4n) is 1.56. The molecule has 0 spiro atoms. The molecule has 0 atom stereocenters. The molecule has 0 bridgehead atoms. The molecule has 0 amide bonds. The smallest absolute Gasteiger partial charge is 0.320 e. The van der Waals surface area contributed by atoms with Gasteiger partial charge in [0.1, 0.15) is 0 Å². The van der Waals surface area contributed by atoms with Crippen molar-refractivity contribution in [2.75, 3.05) is 13.2 Å². The lowest BCUT2D eigenvalue weighted by atomic mass is 10.2. The normalized spacial score (nSPS) is 13.7. The summed E-state index contributed by atoms with van der Waals surface area (Å²) in [7, 11) is 0. The Hall–Kier alpha value is -1.58. The van der Waals surface area contributed by atoms with Crippen LogP contribution in [0.2, 0.25) is 0 Å².